The largest absolute Gasteiger partial charge is 0.376 e. The lowest BCUT2D eigenvalue weighted by Crippen LogP contribution is -2.33. The lowest BCUT2D eigenvalue weighted by atomic mass is 10.2. The maximum Gasteiger partial charge on any atom is 0.278 e. The maximum atomic E-state index is 12.6. The summed E-state index contributed by atoms with van der Waals surface area (Å²) in [5.41, 5.74) is 1.86. The number of hydrogen-bond acceptors (Lipinski definition) is 5. The third-order valence-electron chi connectivity index (χ3n) is 4.57. The number of rotatable bonds is 5. The molecule has 0 radical (unpaired) electrons. The van der Waals surface area contributed by atoms with Gasteiger partial charge in [-0.05, 0) is 18.9 Å². The zero-order chi connectivity index (χ0) is 18.1. The molecule has 2 N–H and O–H groups in total. The highest BCUT2D eigenvalue weighted by molar-refractivity contribution is 7.99. The first-order valence-electron chi connectivity index (χ1n) is 8.62. The first-order chi connectivity index (χ1) is 12.6. The highest BCUT2D eigenvalue weighted by Gasteiger charge is 2.17. The van der Waals surface area contributed by atoms with Crippen molar-refractivity contribution in [3.8, 4) is 0 Å². The number of aromatic nitrogens is 3. The maximum absolute atomic E-state index is 12.6. The van der Waals surface area contributed by atoms with Gasteiger partial charge in [0.15, 0.2) is 5.16 Å². The summed E-state index contributed by atoms with van der Waals surface area (Å²) in [6, 6.07) is 7.68. The molecule has 26 heavy (non-hydrogen) atoms. The molecule has 1 aliphatic rings. The molecule has 3 heterocycles. The second-order valence-electron chi connectivity index (χ2n) is 6.38. The molecule has 0 spiro atoms. The quantitative estimate of drug-likeness (QED) is 0.527. The molecular weight excluding hydrogens is 352 g/mol. The first-order valence-corrected chi connectivity index (χ1v) is 9.60. The molecule has 0 aliphatic carbocycles. The van der Waals surface area contributed by atoms with Gasteiger partial charge in [-0.15, -0.1) is 0 Å². The molecule has 1 aliphatic heterocycles. The summed E-state index contributed by atoms with van der Waals surface area (Å²) in [4.78, 5) is 32.5. The van der Waals surface area contributed by atoms with Gasteiger partial charge in [-0.25, -0.2) is 4.98 Å². The van der Waals surface area contributed by atoms with E-state index in [1.54, 1.807) is 7.05 Å². The van der Waals surface area contributed by atoms with Crippen molar-refractivity contribution in [2.24, 2.45) is 7.05 Å². The van der Waals surface area contributed by atoms with Crippen LogP contribution in [0, 0.1) is 0 Å². The molecule has 0 bridgehead atoms. The van der Waals surface area contributed by atoms with Crippen molar-refractivity contribution in [2.75, 3.05) is 18.9 Å². The number of hydrogen-bond donors (Lipinski definition) is 2. The molecule has 0 saturated carbocycles. The van der Waals surface area contributed by atoms with Crippen molar-refractivity contribution in [2.45, 2.75) is 24.1 Å². The van der Waals surface area contributed by atoms with E-state index in [0.717, 1.165) is 30.4 Å². The van der Waals surface area contributed by atoms with Crippen molar-refractivity contribution in [1.82, 2.24) is 19.9 Å². The lowest BCUT2D eigenvalue weighted by Gasteiger charge is -2.11. The number of ether oxygens (including phenoxy) is 1. The first kappa shape index (κ1) is 17.1. The van der Waals surface area contributed by atoms with E-state index in [9.17, 15) is 9.59 Å². The van der Waals surface area contributed by atoms with Crippen LogP contribution in [0.15, 0.2) is 34.2 Å². The van der Waals surface area contributed by atoms with Crippen LogP contribution < -0.4 is 10.9 Å². The summed E-state index contributed by atoms with van der Waals surface area (Å²) in [5, 5.41) is 4.32. The number of fused-ring (bicyclic) bond motifs is 3. The molecule has 3 aromatic rings. The van der Waals surface area contributed by atoms with E-state index in [-0.39, 0.29) is 23.3 Å². The Balaban J connectivity index is 1.52. The van der Waals surface area contributed by atoms with Gasteiger partial charge in [-0.1, -0.05) is 30.0 Å². The SMILES string of the molecule is Cn1c(SCC(=O)NC[C@H]2CCCO2)nc2c([nH]c3ccccc32)c1=O. The molecule has 4 rings (SSSR count). The average Bonchev–Trinajstić information content (AvgIpc) is 3.29. The van der Waals surface area contributed by atoms with Gasteiger partial charge in [0.1, 0.15) is 11.0 Å². The standard InChI is InChI=1S/C18H20N4O3S/c1-22-17(24)16-15(12-6-2-3-7-13(12)20-16)21-18(22)26-10-14(23)19-9-11-5-4-8-25-11/h2-3,6-7,11,20H,4-5,8-10H2,1H3,(H,19,23)/t11-/m1/s1. The molecule has 0 unspecified atom stereocenters. The number of thioether (sulfide) groups is 1. The van der Waals surface area contributed by atoms with Crippen LogP contribution >= 0.6 is 11.8 Å². The number of aromatic amines is 1. The lowest BCUT2D eigenvalue weighted by molar-refractivity contribution is -0.119. The monoisotopic (exact) mass is 372 g/mol. The van der Waals surface area contributed by atoms with Gasteiger partial charge in [0.25, 0.3) is 5.56 Å². The Kier molecular flexibility index (Phi) is 4.69. The van der Waals surface area contributed by atoms with Crippen LogP contribution in [0.5, 0.6) is 0 Å². The van der Waals surface area contributed by atoms with Crippen LogP contribution in [0.2, 0.25) is 0 Å². The topological polar surface area (TPSA) is 89.0 Å². The van der Waals surface area contributed by atoms with Gasteiger partial charge < -0.3 is 15.0 Å². The summed E-state index contributed by atoms with van der Waals surface area (Å²) in [6.07, 6.45) is 2.15. The Labute approximate surface area is 154 Å². The Morgan fingerprint density at radius 2 is 2.31 bits per heavy atom. The second-order valence-corrected chi connectivity index (χ2v) is 7.32. The third kappa shape index (κ3) is 3.22. The molecule has 1 atom stereocenters. The summed E-state index contributed by atoms with van der Waals surface area (Å²) in [7, 11) is 1.67. The van der Waals surface area contributed by atoms with Crippen LogP contribution in [0.4, 0.5) is 0 Å². The fourth-order valence-corrected chi connectivity index (χ4v) is 3.96. The highest BCUT2D eigenvalue weighted by atomic mass is 32.2. The van der Waals surface area contributed by atoms with Crippen LogP contribution in [-0.2, 0) is 16.6 Å². The van der Waals surface area contributed by atoms with Gasteiger partial charge in [-0.3, -0.25) is 14.2 Å². The molecule has 2 aromatic heterocycles. The number of carbonyl (C=O) groups excluding carboxylic acids is 1. The van der Waals surface area contributed by atoms with Crippen molar-refractivity contribution in [3.05, 3.63) is 34.6 Å². The van der Waals surface area contributed by atoms with Crippen molar-refractivity contribution < 1.29 is 9.53 Å². The average molecular weight is 372 g/mol. The number of amides is 1. The molecule has 8 heteroatoms. The van der Waals surface area contributed by atoms with Crippen molar-refractivity contribution >= 4 is 39.6 Å². The van der Waals surface area contributed by atoms with E-state index >= 15 is 0 Å². The van der Waals surface area contributed by atoms with E-state index < -0.39 is 0 Å². The fraction of sp³-hybridized carbons (Fsp3) is 0.389. The Bertz CT molecular complexity index is 1020. The third-order valence-corrected chi connectivity index (χ3v) is 5.60. The van der Waals surface area contributed by atoms with Crippen molar-refractivity contribution in [3.63, 3.8) is 0 Å². The Morgan fingerprint density at radius 3 is 3.12 bits per heavy atom. The highest BCUT2D eigenvalue weighted by Crippen LogP contribution is 2.24. The van der Waals surface area contributed by atoms with Gasteiger partial charge in [-0.2, -0.15) is 0 Å². The van der Waals surface area contributed by atoms with Crippen molar-refractivity contribution in [1.29, 1.82) is 0 Å². The molecule has 1 fully saturated rings. The van der Waals surface area contributed by atoms with Crippen LogP contribution in [0.1, 0.15) is 12.8 Å². The Hall–Kier alpha value is -2.32. The van der Waals surface area contributed by atoms with Crippen LogP contribution in [-0.4, -0.2) is 45.5 Å². The summed E-state index contributed by atoms with van der Waals surface area (Å²) < 4.78 is 6.98. The summed E-state index contributed by atoms with van der Waals surface area (Å²) in [5.74, 6) is 0.125. The van der Waals surface area contributed by atoms with Gasteiger partial charge in [0.2, 0.25) is 5.91 Å². The minimum Gasteiger partial charge on any atom is -0.376 e. The number of H-pyrrole nitrogens is 1. The van der Waals surface area contributed by atoms with Crippen LogP contribution in [0.25, 0.3) is 21.9 Å². The zero-order valence-electron chi connectivity index (χ0n) is 14.4. The number of para-hydroxylation sites is 1. The predicted molar refractivity (Wildman–Crippen MR) is 102 cm³/mol. The number of nitrogens with one attached hydrogen (secondary N) is 2. The van der Waals surface area contributed by atoms with E-state index in [4.69, 9.17) is 4.74 Å². The second kappa shape index (κ2) is 7.13. The molecule has 7 nitrogen and oxygen atoms in total. The zero-order valence-corrected chi connectivity index (χ0v) is 15.3. The minimum atomic E-state index is -0.145. The normalized spacial score (nSPS) is 17.2. The number of nitrogens with zero attached hydrogens (tertiary/aromatic N) is 2. The minimum absolute atomic E-state index is 0.0845. The van der Waals surface area contributed by atoms with Gasteiger partial charge >= 0.3 is 0 Å². The number of carbonyl (C=O) groups is 1. The van der Waals surface area contributed by atoms with Gasteiger partial charge in [0, 0.05) is 31.1 Å². The van der Waals surface area contributed by atoms with Gasteiger partial charge in [0.05, 0.1) is 11.9 Å². The summed E-state index contributed by atoms with van der Waals surface area (Å²) in [6.45, 7) is 1.30. The predicted octanol–water partition coefficient (Wildman–Crippen LogP) is 1.80. The summed E-state index contributed by atoms with van der Waals surface area (Å²) >= 11 is 1.26. The van der Waals surface area contributed by atoms with E-state index in [1.807, 2.05) is 24.3 Å². The van der Waals surface area contributed by atoms with Crippen LogP contribution in [0.3, 0.4) is 0 Å². The Morgan fingerprint density at radius 1 is 1.46 bits per heavy atom. The molecule has 1 saturated heterocycles. The molecule has 136 valence electrons. The fourth-order valence-electron chi connectivity index (χ4n) is 3.17. The molecular formula is C18H20N4O3S. The molecule has 1 aromatic carbocycles. The smallest absolute Gasteiger partial charge is 0.278 e. The number of benzene rings is 1. The van der Waals surface area contributed by atoms with E-state index in [1.165, 1.54) is 16.3 Å². The molecule has 1 amide bonds. The van der Waals surface area contributed by atoms with E-state index in [2.05, 4.69) is 15.3 Å². The van der Waals surface area contributed by atoms with E-state index in [0.29, 0.717) is 22.7 Å².